The number of halogens is 1. The number of nitrogens with one attached hydrogen (secondary N) is 1. The molecule has 7 nitrogen and oxygen atoms in total. The first-order chi connectivity index (χ1) is 12.2. The number of hydrogen-bond acceptors (Lipinski definition) is 9. The molecule has 0 unspecified atom stereocenters. The van der Waals surface area contributed by atoms with E-state index in [0.29, 0.717) is 41.7 Å². The van der Waals surface area contributed by atoms with Crippen molar-refractivity contribution in [3.8, 4) is 11.4 Å². The fraction of sp³-hybridized carbons (Fsp3) is 0.333. The molecule has 0 saturated heterocycles. The van der Waals surface area contributed by atoms with Crippen LogP contribution in [0.4, 0.5) is 9.52 Å². The summed E-state index contributed by atoms with van der Waals surface area (Å²) in [6.45, 7) is 2.99. The van der Waals surface area contributed by atoms with E-state index in [4.69, 9.17) is 9.26 Å². The fourth-order valence-electron chi connectivity index (χ4n) is 1.89. The third-order valence-electron chi connectivity index (χ3n) is 3.21. The van der Waals surface area contributed by atoms with Gasteiger partial charge in [0.1, 0.15) is 5.82 Å². The van der Waals surface area contributed by atoms with Gasteiger partial charge in [-0.3, -0.25) is 0 Å². The molecule has 0 radical (unpaired) electrons. The van der Waals surface area contributed by atoms with Crippen molar-refractivity contribution in [3.63, 3.8) is 0 Å². The molecule has 0 amide bonds. The molecule has 0 aliphatic heterocycles. The Hall–Kier alpha value is -2.04. The summed E-state index contributed by atoms with van der Waals surface area (Å²) in [5, 5.41) is 15.9. The Labute approximate surface area is 152 Å². The molecule has 10 heteroatoms. The monoisotopic (exact) mass is 381 g/mol. The summed E-state index contributed by atoms with van der Waals surface area (Å²) in [6.07, 6.45) is 0. The highest BCUT2D eigenvalue weighted by atomic mass is 32.2. The van der Waals surface area contributed by atoms with Gasteiger partial charge in [-0.05, 0) is 18.6 Å². The van der Waals surface area contributed by atoms with Crippen LogP contribution in [0.3, 0.4) is 0 Å². The number of anilines is 1. The maximum Gasteiger partial charge on any atom is 0.237 e. The van der Waals surface area contributed by atoms with Crippen molar-refractivity contribution in [1.82, 2.24) is 20.3 Å². The second-order valence-corrected chi connectivity index (χ2v) is 7.26. The number of benzene rings is 1. The van der Waals surface area contributed by atoms with Crippen molar-refractivity contribution in [2.45, 2.75) is 17.0 Å². The first-order valence-corrected chi connectivity index (χ1v) is 9.24. The van der Waals surface area contributed by atoms with E-state index in [9.17, 15) is 4.39 Å². The third kappa shape index (κ3) is 4.74. The zero-order valence-electron chi connectivity index (χ0n) is 13.7. The lowest BCUT2D eigenvalue weighted by molar-refractivity contribution is 0.211. The summed E-state index contributed by atoms with van der Waals surface area (Å²) in [7, 11) is 1.65. The standard InChI is InChI=1S/C15H16FN5O2S2/c1-9-3-4-10(7-11(9)16)13-18-12(23-21-13)8-24-15-20-19-14(25-15)17-5-6-22-2/h3-4,7H,5-6,8H2,1-2H3,(H,17,19). The zero-order valence-corrected chi connectivity index (χ0v) is 15.3. The molecule has 0 aliphatic rings. The average molecular weight is 381 g/mol. The minimum atomic E-state index is -0.291. The van der Waals surface area contributed by atoms with Gasteiger partial charge in [0.2, 0.25) is 16.8 Å². The number of aromatic nitrogens is 4. The highest BCUT2D eigenvalue weighted by molar-refractivity contribution is 8.00. The molecule has 1 aromatic carbocycles. The first kappa shape index (κ1) is 17.8. The van der Waals surface area contributed by atoms with Crippen LogP contribution in [0.2, 0.25) is 0 Å². The molecule has 2 heterocycles. The van der Waals surface area contributed by atoms with Crippen LogP contribution in [-0.2, 0) is 10.5 Å². The Morgan fingerprint density at radius 1 is 1.36 bits per heavy atom. The molecule has 0 bridgehead atoms. The quantitative estimate of drug-likeness (QED) is 0.469. The summed E-state index contributed by atoms with van der Waals surface area (Å²) in [4.78, 5) is 4.29. The molecule has 0 aliphatic carbocycles. The lowest BCUT2D eigenvalue weighted by atomic mass is 10.1. The lowest BCUT2D eigenvalue weighted by Gasteiger charge is -1.98. The van der Waals surface area contributed by atoms with Gasteiger partial charge in [-0.1, -0.05) is 40.4 Å². The molecule has 0 fully saturated rings. The van der Waals surface area contributed by atoms with Crippen LogP contribution in [0, 0.1) is 12.7 Å². The maximum absolute atomic E-state index is 13.6. The van der Waals surface area contributed by atoms with Crippen LogP contribution in [0.25, 0.3) is 11.4 Å². The van der Waals surface area contributed by atoms with Gasteiger partial charge >= 0.3 is 0 Å². The van der Waals surface area contributed by atoms with Gasteiger partial charge in [0, 0.05) is 19.2 Å². The first-order valence-electron chi connectivity index (χ1n) is 7.44. The normalized spacial score (nSPS) is 11.0. The number of ether oxygens (including phenoxy) is 1. The SMILES string of the molecule is COCCNc1nnc(SCc2nc(-c3ccc(C)c(F)c3)no2)s1. The van der Waals surface area contributed by atoms with E-state index in [0.717, 1.165) is 9.47 Å². The van der Waals surface area contributed by atoms with Crippen molar-refractivity contribution in [1.29, 1.82) is 0 Å². The molecule has 3 rings (SSSR count). The minimum Gasteiger partial charge on any atom is -0.383 e. The molecule has 25 heavy (non-hydrogen) atoms. The largest absolute Gasteiger partial charge is 0.383 e. The molecule has 132 valence electrons. The second-order valence-electron chi connectivity index (χ2n) is 5.06. The molecule has 0 saturated carbocycles. The maximum atomic E-state index is 13.6. The summed E-state index contributed by atoms with van der Waals surface area (Å²) < 4.78 is 24.6. The Bertz CT molecular complexity index is 839. The molecule has 3 aromatic rings. The predicted molar refractivity (Wildman–Crippen MR) is 94.3 cm³/mol. The van der Waals surface area contributed by atoms with E-state index >= 15 is 0 Å². The van der Waals surface area contributed by atoms with E-state index in [2.05, 4.69) is 25.7 Å². The van der Waals surface area contributed by atoms with Gasteiger partial charge in [0.15, 0.2) is 4.34 Å². The highest BCUT2D eigenvalue weighted by Gasteiger charge is 2.12. The number of thioether (sulfide) groups is 1. The predicted octanol–water partition coefficient (Wildman–Crippen LogP) is 3.39. The molecule has 2 aromatic heterocycles. The van der Waals surface area contributed by atoms with Crippen LogP contribution in [0.15, 0.2) is 27.1 Å². The summed E-state index contributed by atoms with van der Waals surface area (Å²) in [5.74, 6) is 0.993. The van der Waals surface area contributed by atoms with Crippen LogP contribution in [0.5, 0.6) is 0 Å². The number of aryl methyl sites for hydroxylation is 1. The van der Waals surface area contributed by atoms with Gasteiger partial charge in [0.25, 0.3) is 0 Å². The highest BCUT2D eigenvalue weighted by Crippen LogP contribution is 2.28. The van der Waals surface area contributed by atoms with Crippen molar-refractivity contribution < 1.29 is 13.7 Å². The fourth-order valence-corrected chi connectivity index (χ4v) is 3.50. The number of rotatable bonds is 8. The van der Waals surface area contributed by atoms with Gasteiger partial charge in [-0.2, -0.15) is 4.98 Å². The van der Waals surface area contributed by atoms with E-state index < -0.39 is 0 Å². The van der Waals surface area contributed by atoms with Crippen molar-refractivity contribution in [3.05, 3.63) is 35.5 Å². The van der Waals surface area contributed by atoms with Gasteiger partial charge in [-0.15, -0.1) is 10.2 Å². The van der Waals surface area contributed by atoms with E-state index in [1.54, 1.807) is 26.2 Å². The Kier molecular flexibility index (Phi) is 5.95. The molecule has 0 atom stereocenters. The van der Waals surface area contributed by atoms with E-state index in [-0.39, 0.29) is 5.82 Å². The van der Waals surface area contributed by atoms with Crippen LogP contribution < -0.4 is 5.32 Å². The average Bonchev–Trinajstić information content (AvgIpc) is 3.25. The smallest absolute Gasteiger partial charge is 0.237 e. The van der Waals surface area contributed by atoms with Crippen LogP contribution in [-0.4, -0.2) is 40.6 Å². The summed E-state index contributed by atoms with van der Waals surface area (Å²) >= 11 is 2.89. The number of hydrogen-bond donors (Lipinski definition) is 1. The van der Waals surface area contributed by atoms with Gasteiger partial charge in [-0.25, -0.2) is 4.39 Å². The second kappa shape index (κ2) is 8.37. The Morgan fingerprint density at radius 2 is 2.24 bits per heavy atom. The third-order valence-corrected chi connectivity index (χ3v) is 5.21. The number of methoxy groups -OCH3 is 1. The van der Waals surface area contributed by atoms with Gasteiger partial charge in [0.05, 0.1) is 12.4 Å². The minimum absolute atomic E-state index is 0.291. The van der Waals surface area contributed by atoms with Crippen LogP contribution in [0.1, 0.15) is 11.5 Å². The molecule has 1 N–H and O–H groups in total. The van der Waals surface area contributed by atoms with Crippen molar-refractivity contribution >= 4 is 28.2 Å². The molecular formula is C15H16FN5O2S2. The van der Waals surface area contributed by atoms with E-state index in [1.807, 2.05) is 0 Å². The van der Waals surface area contributed by atoms with Crippen molar-refractivity contribution in [2.75, 3.05) is 25.6 Å². The lowest BCUT2D eigenvalue weighted by Crippen LogP contribution is -2.06. The van der Waals surface area contributed by atoms with Crippen molar-refractivity contribution in [2.24, 2.45) is 0 Å². The van der Waals surface area contributed by atoms with E-state index in [1.165, 1.54) is 29.2 Å². The zero-order chi connectivity index (χ0) is 17.6. The van der Waals surface area contributed by atoms with Crippen LogP contribution >= 0.6 is 23.1 Å². The topological polar surface area (TPSA) is 86.0 Å². The molecular weight excluding hydrogens is 365 g/mol. The number of nitrogens with zero attached hydrogens (tertiary/aromatic N) is 4. The van der Waals surface area contributed by atoms with Gasteiger partial charge < -0.3 is 14.6 Å². The molecule has 0 spiro atoms. The summed E-state index contributed by atoms with van der Waals surface area (Å²) in [5.41, 5.74) is 1.16. The summed E-state index contributed by atoms with van der Waals surface area (Å²) in [6, 6.07) is 4.86. The Balaban J connectivity index is 1.57. The Morgan fingerprint density at radius 3 is 3.04 bits per heavy atom.